The Bertz CT molecular complexity index is 1010. The molecule has 0 saturated heterocycles. The average Bonchev–Trinajstić information content (AvgIpc) is 3.12. The highest BCUT2D eigenvalue weighted by Gasteiger charge is 2.40. The van der Waals surface area contributed by atoms with E-state index < -0.39 is 17.5 Å². The number of hydrogen-bond donors (Lipinski definition) is 3. The molecule has 0 spiro atoms. The number of fused-ring (bicyclic) bond motifs is 1. The van der Waals surface area contributed by atoms with Crippen LogP contribution in [0.5, 0.6) is 17.2 Å². The number of ether oxygens (including phenoxy) is 1. The van der Waals surface area contributed by atoms with Crippen LogP contribution >= 0.6 is 0 Å². The minimum absolute atomic E-state index is 0.0129. The molecule has 3 N–H and O–H groups in total. The second-order valence-corrected chi connectivity index (χ2v) is 8.42. The number of allylic oxidation sites excluding steroid dienone is 3. The number of phenolic OH excluding ortho intramolecular Hbond substituents is 2. The van der Waals surface area contributed by atoms with Crippen LogP contribution in [0.15, 0.2) is 48.1 Å². The Balaban J connectivity index is 2.10. The zero-order valence-corrected chi connectivity index (χ0v) is 17.8. The van der Waals surface area contributed by atoms with E-state index in [0.29, 0.717) is 5.56 Å². The van der Waals surface area contributed by atoms with E-state index in [0.717, 1.165) is 11.1 Å². The first-order valence-electron chi connectivity index (χ1n) is 9.99. The normalized spacial score (nSPS) is 15.7. The second-order valence-electron chi connectivity index (χ2n) is 8.42. The number of carbonyl (C=O) groups is 1. The van der Waals surface area contributed by atoms with Gasteiger partial charge in [-0.15, -0.1) is 0 Å². The number of aromatic hydroxyl groups is 2. The zero-order chi connectivity index (χ0) is 22.1. The van der Waals surface area contributed by atoms with E-state index in [1.54, 1.807) is 19.9 Å². The Hall–Kier alpha value is -3.05. The molecule has 0 fully saturated rings. The smallest absolute Gasteiger partial charge is 0.193 e. The van der Waals surface area contributed by atoms with Gasteiger partial charge in [0.15, 0.2) is 5.78 Å². The van der Waals surface area contributed by atoms with Crippen LogP contribution in [0.1, 0.15) is 54.7 Å². The van der Waals surface area contributed by atoms with Crippen molar-refractivity contribution in [3.05, 3.63) is 70.3 Å². The van der Waals surface area contributed by atoms with Gasteiger partial charge in [-0.25, -0.2) is 0 Å². The maximum Gasteiger partial charge on any atom is 0.193 e. The van der Waals surface area contributed by atoms with E-state index in [2.05, 4.69) is 0 Å². The van der Waals surface area contributed by atoms with Crippen molar-refractivity contribution >= 4 is 11.9 Å². The Morgan fingerprint density at radius 2 is 1.83 bits per heavy atom. The number of benzene rings is 2. The highest BCUT2D eigenvalue weighted by molar-refractivity contribution is 6.11. The molecule has 0 aliphatic carbocycles. The topological polar surface area (TPSA) is 87.0 Å². The van der Waals surface area contributed by atoms with Crippen LogP contribution in [0.3, 0.4) is 0 Å². The molecule has 158 valence electrons. The fourth-order valence-electron chi connectivity index (χ4n) is 3.44. The summed E-state index contributed by atoms with van der Waals surface area (Å²) in [6, 6.07) is 9.36. The van der Waals surface area contributed by atoms with Gasteiger partial charge in [0, 0.05) is 17.5 Å². The van der Waals surface area contributed by atoms with Gasteiger partial charge in [0.25, 0.3) is 0 Å². The Morgan fingerprint density at radius 1 is 1.17 bits per heavy atom. The van der Waals surface area contributed by atoms with Crippen LogP contribution in [0.25, 0.3) is 6.08 Å². The first kappa shape index (κ1) is 21.7. The largest absolute Gasteiger partial charge is 0.507 e. The predicted octanol–water partition coefficient (Wildman–Crippen LogP) is 4.58. The second kappa shape index (κ2) is 8.36. The molecule has 0 aromatic heterocycles. The van der Waals surface area contributed by atoms with Gasteiger partial charge in [-0.3, -0.25) is 4.79 Å². The first-order chi connectivity index (χ1) is 14.1. The van der Waals surface area contributed by atoms with Gasteiger partial charge in [0.1, 0.15) is 28.9 Å². The summed E-state index contributed by atoms with van der Waals surface area (Å²) in [5, 5.41) is 32.1. The first-order valence-corrected chi connectivity index (χ1v) is 9.99. The van der Waals surface area contributed by atoms with Crippen molar-refractivity contribution in [3.8, 4) is 17.2 Å². The van der Waals surface area contributed by atoms with Crippen molar-refractivity contribution < 1.29 is 24.9 Å². The van der Waals surface area contributed by atoms with Gasteiger partial charge in [-0.2, -0.15) is 0 Å². The summed E-state index contributed by atoms with van der Waals surface area (Å²) in [6.07, 6.45) is 4.81. The molecule has 0 radical (unpaired) electrons. The number of phenols is 2. The van der Waals surface area contributed by atoms with Crippen molar-refractivity contribution in [3.63, 3.8) is 0 Å². The number of rotatable bonds is 6. The monoisotopic (exact) mass is 408 g/mol. The Morgan fingerprint density at radius 3 is 2.43 bits per heavy atom. The standard InChI is InChI=1S/C25H28O5/c1-15(2)10-12-17-22(27)18-14-20(25(3,4)29)30-24(18)21(23(17)28)19(26)13-11-16-8-6-5-7-9-16/h5-11,13,20,27-29H,12,14H2,1-4H3/b13-11+/t20-/m1/s1. The predicted molar refractivity (Wildman–Crippen MR) is 117 cm³/mol. The molecule has 2 aromatic rings. The third-order valence-corrected chi connectivity index (χ3v) is 5.22. The van der Waals surface area contributed by atoms with E-state index in [4.69, 9.17) is 4.74 Å². The molecule has 1 aliphatic heterocycles. The summed E-state index contributed by atoms with van der Waals surface area (Å²) in [5.74, 6) is -0.665. The van der Waals surface area contributed by atoms with Crippen LogP contribution in [0.2, 0.25) is 0 Å². The molecular weight excluding hydrogens is 380 g/mol. The van der Waals surface area contributed by atoms with Gasteiger partial charge in [-0.1, -0.05) is 48.1 Å². The highest BCUT2D eigenvalue weighted by Crippen LogP contribution is 2.48. The van der Waals surface area contributed by atoms with Crippen molar-refractivity contribution in [2.75, 3.05) is 0 Å². The Labute approximate surface area is 177 Å². The van der Waals surface area contributed by atoms with Crippen molar-refractivity contribution in [1.29, 1.82) is 0 Å². The molecule has 5 nitrogen and oxygen atoms in total. The van der Waals surface area contributed by atoms with Crippen LogP contribution < -0.4 is 4.74 Å². The van der Waals surface area contributed by atoms with Crippen molar-refractivity contribution in [2.24, 2.45) is 0 Å². The Kier molecular flexibility index (Phi) is 6.04. The maximum atomic E-state index is 13.1. The molecular formula is C25H28O5. The minimum Gasteiger partial charge on any atom is -0.507 e. The van der Waals surface area contributed by atoms with E-state index in [9.17, 15) is 20.1 Å². The molecule has 0 unspecified atom stereocenters. The molecule has 0 bridgehead atoms. The lowest BCUT2D eigenvalue weighted by Crippen LogP contribution is -2.39. The van der Waals surface area contributed by atoms with E-state index in [-0.39, 0.29) is 41.2 Å². The molecule has 1 heterocycles. The molecule has 30 heavy (non-hydrogen) atoms. The molecule has 2 aromatic carbocycles. The molecule has 3 rings (SSSR count). The van der Waals surface area contributed by atoms with Gasteiger partial charge in [0.05, 0.1) is 5.60 Å². The van der Waals surface area contributed by atoms with Gasteiger partial charge in [-0.05, 0) is 45.8 Å². The fourth-order valence-corrected chi connectivity index (χ4v) is 3.44. The van der Waals surface area contributed by atoms with Gasteiger partial charge >= 0.3 is 0 Å². The number of carbonyl (C=O) groups excluding carboxylic acids is 1. The minimum atomic E-state index is -1.18. The number of hydrogen-bond acceptors (Lipinski definition) is 5. The SMILES string of the molecule is CC(C)=CCc1c(O)c2c(c(C(=O)/C=C/c3ccccc3)c1O)O[C@@H](C(C)(C)O)C2. The summed E-state index contributed by atoms with van der Waals surface area (Å²) >= 11 is 0. The third kappa shape index (κ3) is 4.41. The summed E-state index contributed by atoms with van der Waals surface area (Å²) in [4.78, 5) is 13.1. The lowest BCUT2D eigenvalue weighted by Gasteiger charge is -2.24. The van der Waals surface area contributed by atoms with Crippen LogP contribution in [0.4, 0.5) is 0 Å². The van der Waals surface area contributed by atoms with Crippen LogP contribution in [-0.2, 0) is 12.8 Å². The highest BCUT2D eigenvalue weighted by atomic mass is 16.5. The van der Waals surface area contributed by atoms with Crippen molar-refractivity contribution in [2.45, 2.75) is 52.2 Å². The fraction of sp³-hybridized carbons (Fsp3) is 0.320. The quantitative estimate of drug-likeness (QED) is 0.370. The molecule has 0 amide bonds. The van der Waals surface area contributed by atoms with Crippen molar-refractivity contribution in [1.82, 2.24) is 0 Å². The number of ketones is 1. The van der Waals surface area contributed by atoms with Gasteiger partial charge < -0.3 is 20.1 Å². The van der Waals surface area contributed by atoms with Gasteiger partial charge in [0.2, 0.25) is 0 Å². The zero-order valence-electron chi connectivity index (χ0n) is 17.8. The molecule has 1 atom stereocenters. The average molecular weight is 408 g/mol. The van der Waals surface area contributed by atoms with E-state index in [1.165, 1.54) is 6.08 Å². The molecule has 1 aliphatic rings. The summed E-state index contributed by atoms with van der Waals surface area (Å²) in [5.41, 5.74) is 1.43. The molecule has 0 saturated carbocycles. The lowest BCUT2D eigenvalue weighted by molar-refractivity contribution is -0.0232. The summed E-state index contributed by atoms with van der Waals surface area (Å²) < 4.78 is 5.88. The summed E-state index contributed by atoms with van der Waals surface area (Å²) in [6.45, 7) is 7.07. The lowest BCUT2D eigenvalue weighted by atomic mass is 9.92. The number of aliphatic hydroxyl groups is 1. The maximum absolute atomic E-state index is 13.1. The van der Waals surface area contributed by atoms with E-state index >= 15 is 0 Å². The third-order valence-electron chi connectivity index (χ3n) is 5.22. The van der Waals surface area contributed by atoms with Crippen LogP contribution in [0, 0.1) is 0 Å². The molecule has 5 heteroatoms. The van der Waals surface area contributed by atoms with Crippen LogP contribution in [-0.4, -0.2) is 32.8 Å². The van der Waals surface area contributed by atoms with E-state index in [1.807, 2.05) is 50.3 Å². The summed E-state index contributed by atoms with van der Waals surface area (Å²) in [7, 11) is 0.